The summed E-state index contributed by atoms with van der Waals surface area (Å²) < 4.78 is 16.5. The number of nitrogens with one attached hydrogen (secondary N) is 1. The van der Waals surface area contributed by atoms with E-state index in [1.54, 1.807) is 34.6 Å². The van der Waals surface area contributed by atoms with Gasteiger partial charge in [0.15, 0.2) is 0 Å². The summed E-state index contributed by atoms with van der Waals surface area (Å²) in [6.45, 7) is 0.787. The lowest BCUT2D eigenvalue weighted by Crippen LogP contribution is -2.44. The van der Waals surface area contributed by atoms with E-state index in [4.69, 9.17) is 5.73 Å². The van der Waals surface area contributed by atoms with Gasteiger partial charge < -0.3 is 16.0 Å². The van der Waals surface area contributed by atoms with Crippen LogP contribution in [0.25, 0.3) is 32.2 Å². The number of carbonyl (C=O) groups is 2. The predicted octanol–water partition coefficient (Wildman–Crippen LogP) is 5.73. The van der Waals surface area contributed by atoms with E-state index >= 15 is 4.39 Å². The van der Waals surface area contributed by atoms with Crippen LogP contribution in [0, 0.1) is 11.7 Å². The first kappa shape index (κ1) is 24.0. The van der Waals surface area contributed by atoms with Gasteiger partial charge in [0.25, 0.3) is 5.91 Å². The van der Waals surface area contributed by atoms with Crippen molar-refractivity contribution in [2.75, 3.05) is 18.4 Å². The average Bonchev–Trinajstić information content (AvgIpc) is 3.41. The fourth-order valence-corrected chi connectivity index (χ4v) is 5.63. The molecule has 1 unspecified atom stereocenters. The first-order chi connectivity index (χ1) is 18.5. The van der Waals surface area contributed by atoms with Gasteiger partial charge in [0, 0.05) is 47.2 Å². The molecule has 38 heavy (non-hydrogen) atoms. The molecule has 0 bridgehead atoms. The van der Waals surface area contributed by atoms with Crippen molar-refractivity contribution in [3.8, 4) is 11.1 Å². The summed E-state index contributed by atoms with van der Waals surface area (Å²) in [6, 6.07) is 18.0. The lowest BCUT2D eigenvalue weighted by Gasteiger charge is -2.31. The zero-order chi connectivity index (χ0) is 26.2. The average molecular weight is 526 g/mol. The number of rotatable bonds is 5. The summed E-state index contributed by atoms with van der Waals surface area (Å²) in [6.07, 6.45) is 3.09. The zero-order valence-electron chi connectivity index (χ0n) is 20.4. The van der Waals surface area contributed by atoms with Crippen molar-refractivity contribution in [3.05, 3.63) is 83.8 Å². The molecule has 0 radical (unpaired) electrons. The Morgan fingerprint density at radius 2 is 1.92 bits per heavy atom. The highest BCUT2D eigenvalue weighted by atomic mass is 32.1. The molecule has 0 aliphatic carbocycles. The number of nitrogens with zero attached hydrogens (tertiary/aromatic N) is 3. The first-order valence-electron chi connectivity index (χ1n) is 12.3. The molecule has 3 N–H and O–H groups in total. The molecule has 1 aliphatic heterocycles. The van der Waals surface area contributed by atoms with Crippen LogP contribution in [0.1, 0.15) is 23.2 Å². The number of nitrogens with two attached hydrogens (primary N) is 1. The third kappa shape index (κ3) is 4.56. The Kier molecular flexibility index (Phi) is 6.21. The Hall–Kier alpha value is -4.37. The molecule has 1 atom stereocenters. The van der Waals surface area contributed by atoms with Crippen LogP contribution in [0.4, 0.5) is 15.8 Å². The fraction of sp³-hybridized carbons (Fsp3) is 0.172. The second-order valence-corrected chi connectivity index (χ2v) is 10.3. The molecule has 6 rings (SSSR count). The van der Waals surface area contributed by atoms with Crippen LogP contribution in [0.2, 0.25) is 0 Å². The Morgan fingerprint density at radius 1 is 1.03 bits per heavy atom. The van der Waals surface area contributed by atoms with Crippen molar-refractivity contribution < 1.29 is 14.0 Å². The molecule has 0 saturated carbocycles. The third-order valence-electron chi connectivity index (χ3n) is 6.99. The second-order valence-electron chi connectivity index (χ2n) is 9.44. The topological polar surface area (TPSA) is 101 Å². The Bertz CT molecular complexity index is 1700. The van der Waals surface area contributed by atoms with Gasteiger partial charge in [0.1, 0.15) is 5.82 Å². The number of carbonyl (C=O) groups excluding carboxylic acids is 2. The summed E-state index contributed by atoms with van der Waals surface area (Å²) >= 11 is 1.59. The summed E-state index contributed by atoms with van der Waals surface area (Å²) in [5, 5.41) is 4.28. The Morgan fingerprint density at radius 3 is 2.76 bits per heavy atom. The minimum Gasteiger partial charge on any atom is -0.369 e. The molecule has 7 nitrogen and oxygen atoms in total. The van der Waals surface area contributed by atoms with Crippen LogP contribution in [-0.4, -0.2) is 39.8 Å². The predicted molar refractivity (Wildman–Crippen MR) is 148 cm³/mol. The number of amides is 2. The molecule has 3 aromatic carbocycles. The van der Waals surface area contributed by atoms with E-state index in [-0.39, 0.29) is 23.9 Å². The van der Waals surface area contributed by atoms with Crippen molar-refractivity contribution >= 4 is 55.6 Å². The van der Waals surface area contributed by atoms with Gasteiger partial charge in [0.2, 0.25) is 5.91 Å². The van der Waals surface area contributed by atoms with Crippen LogP contribution < -0.4 is 11.1 Å². The molecule has 1 fully saturated rings. The van der Waals surface area contributed by atoms with Gasteiger partial charge in [-0.3, -0.25) is 14.6 Å². The van der Waals surface area contributed by atoms with Gasteiger partial charge in [-0.05, 0) is 66.9 Å². The third-order valence-corrected chi connectivity index (χ3v) is 7.80. The van der Waals surface area contributed by atoms with E-state index in [0.29, 0.717) is 30.5 Å². The maximum absolute atomic E-state index is 15.4. The van der Waals surface area contributed by atoms with E-state index in [0.717, 1.165) is 32.5 Å². The highest BCUT2D eigenvalue weighted by molar-refractivity contribution is 7.16. The normalized spacial score (nSPS) is 15.6. The molecule has 190 valence electrons. The molecule has 3 heterocycles. The van der Waals surface area contributed by atoms with Crippen molar-refractivity contribution in [1.82, 2.24) is 14.9 Å². The van der Waals surface area contributed by atoms with Crippen molar-refractivity contribution in [2.45, 2.75) is 12.8 Å². The quantitative estimate of drug-likeness (QED) is 0.305. The van der Waals surface area contributed by atoms with Crippen LogP contribution in [0.5, 0.6) is 0 Å². The second kappa shape index (κ2) is 9.83. The molecular formula is C29H24FN5O2S. The maximum Gasteiger partial charge on any atom is 0.253 e. The van der Waals surface area contributed by atoms with Crippen molar-refractivity contribution in [3.63, 3.8) is 0 Å². The minimum absolute atomic E-state index is 0.249. The number of hydrogen-bond donors (Lipinski definition) is 2. The molecule has 2 aromatic heterocycles. The van der Waals surface area contributed by atoms with E-state index in [2.05, 4.69) is 15.3 Å². The van der Waals surface area contributed by atoms with Crippen molar-refractivity contribution in [2.24, 2.45) is 11.7 Å². The molecule has 1 saturated heterocycles. The number of halogens is 1. The monoisotopic (exact) mass is 525 g/mol. The van der Waals surface area contributed by atoms with E-state index in [1.807, 2.05) is 48.0 Å². The van der Waals surface area contributed by atoms with Crippen LogP contribution in [0.3, 0.4) is 0 Å². The van der Waals surface area contributed by atoms with Crippen LogP contribution in [-0.2, 0) is 4.79 Å². The molecule has 0 spiro atoms. The van der Waals surface area contributed by atoms with E-state index < -0.39 is 11.7 Å². The van der Waals surface area contributed by atoms with Gasteiger partial charge >= 0.3 is 0 Å². The SMILES string of the molecule is NC(=O)C1CCCN(C(=O)c2ccc(-c3ccc4nccc(Nc5ccc6scnc6c5)c4c3)c(F)c2)C1. The largest absolute Gasteiger partial charge is 0.369 e. The number of hydrogen-bond acceptors (Lipinski definition) is 6. The number of thiazole rings is 1. The number of likely N-dealkylation sites (tertiary alicyclic amines) is 1. The lowest BCUT2D eigenvalue weighted by molar-refractivity contribution is -0.123. The van der Waals surface area contributed by atoms with Gasteiger partial charge in [-0.25, -0.2) is 9.37 Å². The number of anilines is 2. The highest BCUT2D eigenvalue weighted by Gasteiger charge is 2.28. The number of piperidine rings is 1. The fourth-order valence-electron chi connectivity index (χ4n) is 4.97. The van der Waals surface area contributed by atoms with Crippen molar-refractivity contribution in [1.29, 1.82) is 0 Å². The Balaban J connectivity index is 1.29. The van der Waals surface area contributed by atoms with Gasteiger partial charge in [0.05, 0.1) is 27.2 Å². The maximum atomic E-state index is 15.4. The van der Waals surface area contributed by atoms with Gasteiger partial charge in [-0.2, -0.15) is 0 Å². The number of pyridine rings is 1. The smallest absolute Gasteiger partial charge is 0.253 e. The lowest BCUT2D eigenvalue weighted by atomic mass is 9.96. The van der Waals surface area contributed by atoms with Gasteiger partial charge in [-0.1, -0.05) is 12.1 Å². The summed E-state index contributed by atoms with van der Waals surface area (Å²) in [4.78, 5) is 35.0. The van der Waals surface area contributed by atoms with E-state index in [9.17, 15) is 9.59 Å². The van der Waals surface area contributed by atoms with E-state index in [1.165, 1.54) is 6.07 Å². The highest BCUT2D eigenvalue weighted by Crippen LogP contribution is 2.32. The molecule has 2 amide bonds. The number of fused-ring (bicyclic) bond motifs is 2. The first-order valence-corrected chi connectivity index (χ1v) is 13.2. The van der Waals surface area contributed by atoms with Gasteiger partial charge in [-0.15, -0.1) is 11.3 Å². The van der Waals surface area contributed by atoms with Crippen LogP contribution >= 0.6 is 11.3 Å². The minimum atomic E-state index is -0.494. The molecule has 5 aromatic rings. The molecular weight excluding hydrogens is 501 g/mol. The number of benzene rings is 3. The standard InChI is InChI=1S/C29H24FN5O2S/c30-23-13-18(29(37)35-11-1-2-19(15-35)28(31)36)3-6-21(23)17-4-7-24-22(12-17)25(9-10-32-24)34-20-5-8-27-26(14-20)33-16-38-27/h3-10,12-14,16,19H,1-2,11,15H2,(H2,31,36)(H,32,34). The zero-order valence-corrected chi connectivity index (χ0v) is 21.2. The summed E-state index contributed by atoms with van der Waals surface area (Å²) in [5.41, 5.74) is 12.0. The van der Waals surface area contributed by atoms with Crippen LogP contribution in [0.15, 0.2) is 72.4 Å². The molecule has 9 heteroatoms. The molecule has 1 aliphatic rings. The summed E-state index contributed by atoms with van der Waals surface area (Å²) in [5.74, 6) is -1.57. The number of primary amides is 1. The summed E-state index contributed by atoms with van der Waals surface area (Å²) in [7, 11) is 0. The number of aromatic nitrogens is 2. The Labute approximate surface area is 222 Å².